The molecule has 10 heteroatoms. The highest BCUT2D eigenvalue weighted by Gasteiger charge is 2.11. The van der Waals surface area contributed by atoms with Gasteiger partial charge in [0, 0.05) is 23.9 Å². The van der Waals surface area contributed by atoms with Crippen molar-refractivity contribution in [2.45, 2.75) is 13.8 Å². The van der Waals surface area contributed by atoms with Crippen LogP contribution in [-0.4, -0.2) is 45.6 Å². The van der Waals surface area contributed by atoms with E-state index in [9.17, 15) is 9.59 Å². The van der Waals surface area contributed by atoms with Gasteiger partial charge < -0.3 is 14.2 Å². The van der Waals surface area contributed by atoms with Gasteiger partial charge in [-0.1, -0.05) is 25.4 Å². The first kappa shape index (κ1) is 19.4. The van der Waals surface area contributed by atoms with Crippen molar-refractivity contribution in [3.8, 4) is 17.3 Å². The quantitative estimate of drug-likeness (QED) is 0.326. The summed E-state index contributed by atoms with van der Waals surface area (Å²) in [5, 5.41) is 4.39. The minimum absolute atomic E-state index is 0.141. The minimum atomic E-state index is -1.05. The van der Waals surface area contributed by atoms with Crippen LogP contribution >= 0.6 is 11.6 Å². The fraction of sp³-hybridized carbons (Fsp3) is 0.312. The molecule has 9 nitrogen and oxygen atoms in total. The number of ether oxygens (including phenoxy) is 3. The number of hydrogen-bond donors (Lipinski definition) is 0. The van der Waals surface area contributed by atoms with E-state index in [1.165, 1.54) is 24.3 Å². The summed E-state index contributed by atoms with van der Waals surface area (Å²) in [6, 6.07) is 3.20. The van der Waals surface area contributed by atoms with E-state index in [-0.39, 0.29) is 17.7 Å². The van der Waals surface area contributed by atoms with Gasteiger partial charge in [-0.05, 0) is 12.0 Å². The largest absolute Gasteiger partial charge is 0.516 e. The van der Waals surface area contributed by atoms with Crippen molar-refractivity contribution >= 4 is 29.9 Å². The molecule has 0 saturated heterocycles. The molecule has 0 bridgehead atoms. The molecule has 2 aromatic rings. The van der Waals surface area contributed by atoms with Crippen molar-refractivity contribution in [1.82, 2.24) is 19.7 Å². The van der Waals surface area contributed by atoms with Crippen molar-refractivity contribution in [3.05, 3.63) is 29.7 Å². The maximum absolute atomic E-state index is 11.6. The lowest BCUT2D eigenvalue weighted by Gasteiger charge is -2.05. The number of pyridine rings is 1. The van der Waals surface area contributed by atoms with Gasteiger partial charge in [0.25, 0.3) is 0 Å². The number of hydrogen-bond acceptors (Lipinski definition) is 8. The summed E-state index contributed by atoms with van der Waals surface area (Å²) in [6.07, 6.45) is 2.63. The molecule has 0 atom stereocenters. The maximum atomic E-state index is 11.6. The lowest BCUT2D eigenvalue weighted by atomic mass is 10.2. The average molecular weight is 381 g/mol. The molecular weight excluding hydrogens is 364 g/mol. The van der Waals surface area contributed by atoms with E-state index in [4.69, 9.17) is 21.1 Å². The Balaban J connectivity index is 1.99. The Bertz CT molecular complexity index is 819. The summed E-state index contributed by atoms with van der Waals surface area (Å²) < 4.78 is 15.5. The Morgan fingerprint density at radius 1 is 1.35 bits per heavy atom. The summed E-state index contributed by atoms with van der Waals surface area (Å²) in [4.78, 5) is 30.9. The second-order valence-corrected chi connectivity index (χ2v) is 5.85. The molecule has 0 aliphatic heterocycles. The molecule has 0 spiro atoms. The Labute approximate surface area is 154 Å². The number of carbonyl (C=O) groups excluding carboxylic acids is 2. The summed E-state index contributed by atoms with van der Waals surface area (Å²) >= 11 is 5.91. The fourth-order valence-electron chi connectivity index (χ4n) is 1.70. The van der Waals surface area contributed by atoms with Crippen LogP contribution in [0.25, 0.3) is 17.6 Å². The van der Waals surface area contributed by atoms with Gasteiger partial charge in [0.05, 0.1) is 13.7 Å². The SMILES string of the molecule is COc1cc(-c2ncn(C=CC(=O)OC(=O)OCC(C)C)n2)cc(Cl)n1. The van der Waals surface area contributed by atoms with Crippen LogP contribution in [0.5, 0.6) is 5.88 Å². The van der Waals surface area contributed by atoms with E-state index in [1.54, 1.807) is 12.1 Å². The second kappa shape index (κ2) is 8.95. The first-order valence-corrected chi connectivity index (χ1v) is 7.95. The first-order valence-electron chi connectivity index (χ1n) is 7.57. The van der Waals surface area contributed by atoms with Crippen LogP contribution in [0.2, 0.25) is 5.15 Å². The van der Waals surface area contributed by atoms with Crippen molar-refractivity contribution in [3.63, 3.8) is 0 Å². The van der Waals surface area contributed by atoms with Gasteiger partial charge >= 0.3 is 12.1 Å². The third kappa shape index (κ3) is 5.85. The Kier molecular flexibility index (Phi) is 6.67. The summed E-state index contributed by atoms with van der Waals surface area (Å²) in [5.74, 6) is -0.0728. The number of esters is 1. The number of nitrogens with zero attached hydrogens (tertiary/aromatic N) is 4. The monoisotopic (exact) mass is 380 g/mol. The minimum Gasteiger partial charge on any atom is -0.481 e. The molecule has 0 amide bonds. The molecule has 0 aliphatic rings. The highest BCUT2D eigenvalue weighted by atomic mass is 35.5. The van der Waals surface area contributed by atoms with Crippen molar-refractivity contribution in [2.75, 3.05) is 13.7 Å². The predicted molar refractivity (Wildman–Crippen MR) is 92.4 cm³/mol. The van der Waals surface area contributed by atoms with Gasteiger partial charge in [0.15, 0.2) is 5.82 Å². The molecule has 0 aliphatic carbocycles. The molecule has 0 unspecified atom stereocenters. The number of methoxy groups -OCH3 is 1. The van der Waals surface area contributed by atoms with E-state index in [1.807, 2.05) is 13.8 Å². The van der Waals surface area contributed by atoms with Gasteiger partial charge in [0.2, 0.25) is 5.88 Å². The van der Waals surface area contributed by atoms with E-state index in [0.29, 0.717) is 17.3 Å². The third-order valence-corrected chi connectivity index (χ3v) is 3.02. The lowest BCUT2D eigenvalue weighted by molar-refractivity contribution is -0.134. The van der Waals surface area contributed by atoms with Crippen LogP contribution in [-0.2, 0) is 14.3 Å². The molecule has 138 valence electrons. The first-order chi connectivity index (χ1) is 12.4. The average Bonchev–Trinajstić information content (AvgIpc) is 3.06. The smallest absolute Gasteiger partial charge is 0.481 e. The molecule has 0 fully saturated rings. The zero-order valence-corrected chi connectivity index (χ0v) is 15.1. The van der Waals surface area contributed by atoms with E-state index < -0.39 is 12.1 Å². The molecule has 2 heterocycles. The molecule has 0 radical (unpaired) electrons. The van der Waals surface area contributed by atoms with Crippen molar-refractivity contribution < 1.29 is 23.8 Å². The molecule has 0 N–H and O–H groups in total. The van der Waals surface area contributed by atoms with E-state index in [2.05, 4.69) is 19.8 Å². The van der Waals surface area contributed by atoms with E-state index >= 15 is 0 Å². The molecule has 2 aromatic heterocycles. The van der Waals surface area contributed by atoms with Crippen LogP contribution in [0.4, 0.5) is 4.79 Å². The van der Waals surface area contributed by atoms with Crippen molar-refractivity contribution in [1.29, 1.82) is 0 Å². The molecular formula is C16H17ClN4O5. The van der Waals surface area contributed by atoms with Crippen molar-refractivity contribution in [2.24, 2.45) is 5.92 Å². The summed E-state index contributed by atoms with van der Waals surface area (Å²) in [7, 11) is 1.47. The zero-order valence-electron chi connectivity index (χ0n) is 14.4. The second-order valence-electron chi connectivity index (χ2n) is 5.46. The van der Waals surface area contributed by atoms with Crippen LogP contribution in [0.3, 0.4) is 0 Å². The maximum Gasteiger partial charge on any atom is 0.516 e. The van der Waals surface area contributed by atoms with Gasteiger partial charge in [-0.25, -0.2) is 24.2 Å². The highest BCUT2D eigenvalue weighted by Crippen LogP contribution is 2.22. The van der Waals surface area contributed by atoms with Crippen LogP contribution in [0, 0.1) is 5.92 Å². The van der Waals surface area contributed by atoms with Gasteiger partial charge in [-0.2, -0.15) is 0 Å². The molecule has 26 heavy (non-hydrogen) atoms. The molecule has 0 aromatic carbocycles. The lowest BCUT2D eigenvalue weighted by Crippen LogP contribution is -2.14. The van der Waals surface area contributed by atoms with Gasteiger partial charge in [0.1, 0.15) is 11.5 Å². The van der Waals surface area contributed by atoms with E-state index in [0.717, 1.165) is 6.08 Å². The number of carbonyl (C=O) groups is 2. The van der Waals surface area contributed by atoms with Gasteiger partial charge in [-0.15, -0.1) is 5.10 Å². The normalized spacial score (nSPS) is 11.0. The fourth-order valence-corrected chi connectivity index (χ4v) is 1.90. The summed E-state index contributed by atoms with van der Waals surface area (Å²) in [6.45, 7) is 3.89. The molecule has 2 rings (SSSR count). The standard InChI is InChI=1S/C16H17ClN4O5/c1-10(2)8-25-16(23)26-14(22)4-5-21-9-18-15(20-21)11-6-12(17)19-13(7-11)24-3/h4-7,9-10H,8H2,1-3H3. The predicted octanol–water partition coefficient (Wildman–Crippen LogP) is 2.81. The number of aromatic nitrogens is 4. The third-order valence-electron chi connectivity index (χ3n) is 2.83. The van der Waals surface area contributed by atoms with Gasteiger partial charge in [-0.3, -0.25) is 0 Å². The van der Waals surface area contributed by atoms with Crippen LogP contribution < -0.4 is 4.74 Å². The molecule has 0 saturated carbocycles. The number of halogens is 1. The summed E-state index contributed by atoms with van der Waals surface area (Å²) in [5.41, 5.74) is 0.592. The topological polar surface area (TPSA) is 105 Å². The van der Waals surface area contributed by atoms with Crippen LogP contribution in [0.1, 0.15) is 13.8 Å². The Hall–Kier alpha value is -2.94. The zero-order chi connectivity index (χ0) is 19.1. The number of rotatable bonds is 6. The van der Waals surface area contributed by atoms with Crippen LogP contribution in [0.15, 0.2) is 24.5 Å². The highest BCUT2D eigenvalue weighted by molar-refractivity contribution is 6.29. The Morgan fingerprint density at radius 3 is 2.81 bits per heavy atom. The Morgan fingerprint density at radius 2 is 2.12 bits per heavy atom.